The Morgan fingerprint density at radius 3 is 2.19 bits per heavy atom. The molecule has 5 rings (SSSR count). The number of hydrogen-bond acceptors (Lipinski definition) is 5. The van der Waals surface area contributed by atoms with E-state index in [1.165, 1.54) is 16.1 Å². The van der Waals surface area contributed by atoms with Gasteiger partial charge in [-0.15, -0.1) is 11.8 Å². The van der Waals surface area contributed by atoms with Crippen LogP contribution in [0.1, 0.15) is 17.2 Å². The van der Waals surface area contributed by atoms with E-state index in [1.807, 2.05) is 60.7 Å². The molecule has 2 unspecified atom stereocenters. The second-order valence-electron chi connectivity index (χ2n) is 8.50. The maximum Gasteiger partial charge on any atom is 0.249 e. The number of benzene rings is 3. The third-order valence-corrected chi connectivity index (χ3v) is 9.58. The summed E-state index contributed by atoms with van der Waals surface area (Å²) in [4.78, 5) is 17.8. The van der Waals surface area contributed by atoms with Crippen LogP contribution in [0.15, 0.2) is 108 Å². The van der Waals surface area contributed by atoms with Crippen molar-refractivity contribution >= 4 is 39.3 Å². The molecule has 0 spiro atoms. The van der Waals surface area contributed by atoms with E-state index in [-0.39, 0.29) is 17.3 Å². The topological polar surface area (TPSA) is 79.4 Å². The van der Waals surface area contributed by atoms with Gasteiger partial charge < -0.3 is 5.32 Å². The highest BCUT2D eigenvalue weighted by Gasteiger charge is 2.41. The largest absolute Gasteiger partial charge is 0.343 e. The van der Waals surface area contributed by atoms with E-state index in [0.29, 0.717) is 10.9 Å². The zero-order valence-electron chi connectivity index (χ0n) is 19.7. The second-order valence-corrected chi connectivity index (χ2v) is 12.0. The molecule has 1 amide bonds. The Morgan fingerprint density at radius 1 is 0.892 bits per heavy atom. The lowest BCUT2D eigenvalue weighted by Crippen LogP contribution is -2.45. The molecule has 1 aromatic heterocycles. The number of nitrogens with one attached hydrogen (secondary N) is 1. The summed E-state index contributed by atoms with van der Waals surface area (Å²) in [5, 5.41) is 2.51. The van der Waals surface area contributed by atoms with Crippen molar-refractivity contribution in [2.45, 2.75) is 16.3 Å². The number of pyridine rings is 1. The van der Waals surface area contributed by atoms with Gasteiger partial charge in [-0.1, -0.05) is 90.5 Å². The molecule has 188 valence electrons. The van der Waals surface area contributed by atoms with Crippen LogP contribution >= 0.6 is 23.4 Å². The van der Waals surface area contributed by atoms with Crippen molar-refractivity contribution in [3.63, 3.8) is 0 Å². The number of carbonyl (C=O) groups is 1. The molecular formula is C28H24ClN3O3S2. The van der Waals surface area contributed by atoms with E-state index < -0.39 is 21.4 Å². The smallest absolute Gasteiger partial charge is 0.249 e. The maximum atomic E-state index is 13.6. The minimum Gasteiger partial charge on any atom is -0.343 e. The molecular weight excluding hydrogens is 526 g/mol. The first-order valence-electron chi connectivity index (χ1n) is 11.7. The molecule has 37 heavy (non-hydrogen) atoms. The predicted molar refractivity (Wildman–Crippen MR) is 148 cm³/mol. The highest BCUT2D eigenvalue weighted by molar-refractivity contribution is 8.02. The quantitative estimate of drug-likeness (QED) is 0.313. The van der Waals surface area contributed by atoms with Gasteiger partial charge in [-0.2, -0.15) is 4.31 Å². The summed E-state index contributed by atoms with van der Waals surface area (Å²) >= 11 is 7.28. The summed E-state index contributed by atoms with van der Waals surface area (Å²) < 4.78 is 28.4. The highest BCUT2D eigenvalue weighted by Crippen LogP contribution is 2.32. The van der Waals surface area contributed by atoms with Gasteiger partial charge in [-0.25, -0.2) is 13.4 Å². The van der Waals surface area contributed by atoms with Crippen LogP contribution in [0.2, 0.25) is 5.15 Å². The Hall–Kier alpha value is -3.17. The monoisotopic (exact) mass is 549 g/mol. The van der Waals surface area contributed by atoms with Crippen LogP contribution < -0.4 is 5.32 Å². The Balaban J connectivity index is 1.39. The molecule has 1 N–H and O–H groups in total. The van der Waals surface area contributed by atoms with Crippen molar-refractivity contribution in [1.82, 2.24) is 14.6 Å². The molecule has 9 heteroatoms. The molecule has 1 aliphatic rings. The molecule has 0 radical (unpaired) electrons. The van der Waals surface area contributed by atoms with Crippen LogP contribution in [0.3, 0.4) is 0 Å². The minimum atomic E-state index is -3.88. The van der Waals surface area contributed by atoms with E-state index in [2.05, 4.69) is 10.3 Å². The average molecular weight is 550 g/mol. The molecule has 2 atom stereocenters. The van der Waals surface area contributed by atoms with Crippen LogP contribution in [0.4, 0.5) is 0 Å². The first-order chi connectivity index (χ1) is 17.9. The summed E-state index contributed by atoms with van der Waals surface area (Å²) in [5.41, 5.74) is 3.53. The van der Waals surface area contributed by atoms with Gasteiger partial charge in [-0.05, 0) is 40.5 Å². The van der Waals surface area contributed by atoms with Crippen molar-refractivity contribution in [3.05, 3.63) is 120 Å². The van der Waals surface area contributed by atoms with E-state index in [1.54, 1.807) is 42.6 Å². The maximum absolute atomic E-state index is 13.6. The lowest BCUT2D eigenvalue weighted by atomic mass is 10.0. The number of nitrogens with zero attached hydrogens (tertiary/aromatic N) is 2. The molecule has 3 aromatic carbocycles. The van der Waals surface area contributed by atoms with E-state index in [4.69, 9.17) is 11.6 Å². The highest BCUT2D eigenvalue weighted by atomic mass is 35.5. The van der Waals surface area contributed by atoms with Gasteiger partial charge in [0.05, 0.1) is 10.9 Å². The number of amides is 1. The third-order valence-electron chi connectivity index (χ3n) is 6.14. The average Bonchev–Trinajstić information content (AvgIpc) is 3.45. The Morgan fingerprint density at radius 2 is 1.54 bits per heavy atom. The van der Waals surface area contributed by atoms with Crippen LogP contribution in [-0.4, -0.2) is 41.3 Å². The number of rotatable bonds is 7. The fourth-order valence-corrected chi connectivity index (χ4v) is 7.47. The molecule has 4 aromatic rings. The first kappa shape index (κ1) is 25.5. The lowest BCUT2D eigenvalue weighted by molar-refractivity contribution is -0.122. The first-order valence-corrected chi connectivity index (χ1v) is 14.6. The van der Waals surface area contributed by atoms with Crippen LogP contribution in [0, 0.1) is 0 Å². The fraction of sp³-hybridized carbons (Fsp3) is 0.143. The van der Waals surface area contributed by atoms with Crippen molar-refractivity contribution in [1.29, 1.82) is 0 Å². The molecule has 2 heterocycles. The summed E-state index contributed by atoms with van der Waals surface area (Å²) in [6, 6.07) is 29.0. The van der Waals surface area contributed by atoms with Crippen molar-refractivity contribution in [2.24, 2.45) is 0 Å². The molecule has 1 fully saturated rings. The summed E-state index contributed by atoms with van der Waals surface area (Å²) in [7, 11) is -3.88. The number of thioether (sulfide) groups is 1. The zero-order valence-corrected chi connectivity index (χ0v) is 22.1. The standard InChI is InChI=1S/C28H24ClN3O3S2/c29-25-16-13-23(19-30-25)26(22-9-5-2-6-10-22)31-27(33)28-32(17-18-36-28)37(34,35)24-14-11-21(12-15-24)20-7-3-1-4-8-20/h1-16,19,26,28H,17-18H2,(H,31,33). The van der Waals surface area contributed by atoms with Crippen LogP contribution in [-0.2, 0) is 14.8 Å². The lowest BCUT2D eigenvalue weighted by Gasteiger charge is -2.26. The van der Waals surface area contributed by atoms with Crippen molar-refractivity contribution in [3.8, 4) is 11.1 Å². The van der Waals surface area contributed by atoms with Gasteiger partial charge in [0.15, 0.2) is 0 Å². The van der Waals surface area contributed by atoms with Crippen molar-refractivity contribution < 1.29 is 13.2 Å². The normalized spacial score (nSPS) is 16.8. The zero-order chi connectivity index (χ0) is 25.8. The van der Waals surface area contributed by atoms with E-state index in [0.717, 1.165) is 22.3 Å². The van der Waals surface area contributed by atoms with Gasteiger partial charge in [0, 0.05) is 18.5 Å². The number of aromatic nitrogens is 1. The molecule has 0 saturated carbocycles. The van der Waals surface area contributed by atoms with E-state index >= 15 is 0 Å². The number of sulfonamides is 1. The molecule has 1 aliphatic heterocycles. The summed E-state index contributed by atoms with van der Waals surface area (Å²) in [6.45, 7) is 0.254. The fourth-order valence-electron chi connectivity index (χ4n) is 4.27. The van der Waals surface area contributed by atoms with Gasteiger partial charge in [0.2, 0.25) is 15.9 Å². The predicted octanol–water partition coefficient (Wildman–Crippen LogP) is 5.37. The van der Waals surface area contributed by atoms with Gasteiger partial charge in [0.1, 0.15) is 10.5 Å². The third kappa shape index (κ3) is 5.57. The van der Waals surface area contributed by atoms with Gasteiger partial charge in [0.25, 0.3) is 0 Å². The van der Waals surface area contributed by atoms with Crippen molar-refractivity contribution in [2.75, 3.05) is 12.3 Å². The number of carbonyl (C=O) groups excluding carboxylic acids is 1. The van der Waals surface area contributed by atoms with Gasteiger partial charge >= 0.3 is 0 Å². The summed E-state index contributed by atoms with van der Waals surface area (Å²) in [5.74, 6) is 0.147. The van der Waals surface area contributed by atoms with Crippen LogP contribution in [0.25, 0.3) is 11.1 Å². The Kier molecular flexibility index (Phi) is 7.62. The summed E-state index contributed by atoms with van der Waals surface area (Å²) in [6.07, 6.45) is 1.62. The Labute approximate surface area is 225 Å². The molecule has 0 bridgehead atoms. The SMILES string of the molecule is O=C(NC(c1ccccc1)c1ccc(Cl)nc1)C1SCCN1S(=O)(=O)c1ccc(-c2ccccc2)cc1. The minimum absolute atomic E-state index is 0.161. The molecule has 0 aliphatic carbocycles. The van der Waals surface area contributed by atoms with Crippen LogP contribution in [0.5, 0.6) is 0 Å². The van der Waals surface area contributed by atoms with Gasteiger partial charge in [-0.3, -0.25) is 4.79 Å². The Bertz CT molecular complexity index is 1470. The molecule has 6 nitrogen and oxygen atoms in total. The second kappa shape index (κ2) is 11.1. The number of halogens is 1. The number of hydrogen-bond donors (Lipinski definition) is 1. The molecule has 1 saturated heterocycles. The van der Waals surface area contributed by atoms with E-state index in [9.17, 15) is 13.2 Å².